The maximum Gasteiger partial charge on any atom is 0.323 e. The molecule has 15 heavy (non-hydrogen) atoms. The molecule has 1 aromatic rings. The van der Waals surface area contributed by atoms with E-state index < -0.39 is 12.0 Å². The summed E-state index contributed by atoms with van der Waals surface area (Å²) in [6, 6.07) is -0.628. The Hall–Kier alpha value is -1.01. The third-order valence-corrected chi connectivity index (χ3v) is 3.32. The highest BCUT2D eigenvalue weighted by atomic mass is 32.2. The van der Waals surface area contributed by atoms with E-state index in [0.717, 1.165) is 5.16 Å². The number of imidazole rings is 1. The molecular weight excluding hydrogens is 214 g/mol. The predicted molar refractivity (Wildman–Crippen MR) is 58.5 cm³/mol. The monoisotopic (exact) mass is 229 g/mol. The number of nitrogens with two attached hydrogens (primary N) is 1. The van der Waals surface area contributed by atoms with Gasteiger partial charge in [0.1, 0.15) is 6.04 Å². The highest BCUT2D eigenvalue weighted by Gasteiger charge is 2.23. The second kappa shape index (κ2) is 5.18. The van der Waals surface area contributed by atoms with Crippen LogP contribution in [0.1, 0.15) is 6.92 Å². The standard InChI is InChI=1S/C9H15N3O2S/c1-6(7(10)8(13)14-3)15-9-11-4-5-12(9)2/h4-7H,10H2,1-3H3/t6-,7+/m1/s1. The van der Waals surface area contributed by atoms with Crippen molar-refractivity contribution in [3.8, 4) is 0 Å². The Balaban J connectivity index is 2.59. The Morgan fingerprint density at radius 3 is 2.87 bits per heavy atom. The molecule has 0 fully saturated rings. The minimum Gasteiger partial charge on any atom is -0.468 e. The third-order valence-electron chi connectivity index (χ3n) is 2.05. The molecule has 2 atom stereocenters. The number of carbonyl (C=O) groups is 1. The van der Waals surface area contributed by atoms with Gasteiger partial charge < -0.3 is 15.0 Å². The van der Waals surface area contributed by atoms with Gasteiger partial charge in [-0.15, -0.1) is 0 Å². The van der Waals surface area contributed by atoms with Gasteiger partial charge in [0.2, 0.25) is 0 Å². The first kappa shape index (κ1) is 12.1. The zero-order chi connectivity index (χ0) is 11.4. The lowest BCUT2D eigenvalue weighted by molar-refractivity contribution is -0.142. The lowest BCUT2D eigenvalue weighted by Gasteiger charge is -2.16. The zero-order valence-corrected chi connectivity index (χ0v) is 9.82. The van der Waals surface area contributed by atoms with Crippen molar-refractivity contribution in [1.82, 2.24) is 9.55 Å². The van der Waals surface area contributed by atoms with Crippen molar-refractivity contribution in [2.24, 2.45) is 12.8 Å². The van der Waals surface area contributed by atoms with E-state index in [4.69, 9.17) is 5.73 Å². The SMILES string of the molecule is COC(=O)[C@@H](N)[C@@H](C)Sc1nccn1C. The van der Waals surface area contributed by atoms with Crippen LogP contribution in [0.5, 0.6) is 0 Å². The van der Waals surface area contributed by atoms with Crippen LogP contribution in [0.25, 0.3) is 0 Å². The number of thioether (sulfide) groups is 1. The Bertz CT molecular complexity index is 340. The number of nitrogens with zero attached hydrogens (tertiary/aromatic N) is 2. The van der Waals surface area contributed by atoms with Crippen LogP contribution < -0.4 is 5.73 Å². The van der Waals surface area contributed by atoms with Crippen LogP contribution in [-0.4, -0.2) is 33.9 Å². The van der Waals surface area contributed by atoms with Gasteiger partial charge in [-0.3, -0.25) is 4.79 Å². The van der Waals surface area contributed by atoms with Crippen molar-refractivity contribution in [3.63, 3.8) is 0 Å². The normalized spacial score (nSPS) is 14.7. The molecule has 0 spiro atoms. The number of methoxy groups -OCH3 is 1. The van der Waals surface area contributed by atoms with Crippen molar-refractivity contribution in [3.05, 3.63) is 12.4 Å². The molecule has 1 heterocycles. The fraction of sp³-hybridized carbons (Fsp3) is 0.556. The zero-order valence-electron chi connectivity index (χ0n) is 9.01. The molecule has 1 aromatic heterocycles. The van der Waals surface area contributed by atoms with E-state index in [0.29, 0.717) is 0 Å². The van der Waals surface area contributed by atoms with E-state index in [1.807, 2.05) is 24.7 Å². The summed E-state index contributed by atoms with van der Waals surface area (Å²) in [7, 11) is 3.23. The molecule has 0 aromatic carbocycles. The number of hydrogen-bond donors (Lipinski definition) is 1. The maximum absolute atomic E-state index is 11.2. The molecule has 0 bridgehead atoms. The van der Waals surface area contributed by atoms with Gasteiger partial charge in [0, 0.05) is 24.7 Å². The fourth-order valence-corrected chi connectivity index (χ4v) is 1.97. The molecular formula is C9H15N3O2S. The van der Waals surface area contributed by atoms with Gasteiger partial charge in [-0.25, -0.2) is 4.98 Å². The summed E-state index contributed by atoms with van der Waals surface area (Å²) in [4.78, 5) is 15.3. The van der Waals surface area contributed by atoms with E-state index in [9.17, 15) is 4.79 Å². The Labute approximate surface area is 93.0 Å². The highest BCUT2D eigenvalue weighted by molar-refractivity contribution is 7.99. The molecule has 5 nitrogen and oxygen atoms in total. The first-order valence-electron chi connectivity index (χ1n) is 4.53. The molecule has 84 valence electrons. The average Bonchev–Trinajstić information content (AvgIpc) is 2.62. The summed E-state index contributed by atoms with van der Waals surface area (Å²) < 4.78 is 6.46. The van der Waals surface area contributed by atoms with E-state index in [-0.39, 0.29) is 5.25 Å². The van der Waals surface area contributed by atoms with E-state index in [1.165, 1.54) is 18.9 Å². The average molecular weight is 229 g/mol. The molecule has 1 rings (SSSR count). The van der Waals surface area contributed by atoms with Crippen LogP contribution in [0.15, 0.2) is 17.6 Å². The number of hydrogen-bond acceptors (Lipinski definition) is 5. The summed E-state index contributed by atoms with van der Waals surface area (Å²) in [6.45, 7) is 1.88. The molecule has 0 saturated heterocycles. The van der Waals surface area contributed by atoms with Gasteiger partial charge in [0.15, 0.2) is 5.16 Å². The van der Waals surface area contributed by atoms with Gasteiger partial charge >= 0.3 is 5.97 Å². The van der Waals surface area contributed by atoms with Crippen molar-refractivity contribution in [1.29, 1.82) is 0 Å². The molecule has 0 aliphatic carbocycles. The van der Waals surface area contributed by atoms with Crippen molar-refractivity contribution >= 4 is 17.7 Å². The van der Waals surface area contributed by atoms with Crippen LogP contribution in [0.4, 0.5) is 0 Å². The maximum atomic E-state index is 11.2. The van der Waals surface area contributed by atoms with Gasteiger partial charge in [-0.2, -0.15) is 0 Å². The topological polar surface area (TPSA) is 70.1 Å². The van der Waals surface area contributed by atoms with Gasteiger partial charge in [0.05, 0.1) is 7.11 Å². The van der Waals surface area contributed by atoms with Crippen LogP contribution in [-0.2, 0) is 16.6 Å². The summed E-state index contributed by atoms with van der Waals surface area (Å²) >= 11 is 1.45. The summed E-state index contributed by atoms with van der Waals surface area (Å²) in [6.07, 6.45) is 3.55. The third kappa shape index (κ3) is 2.97. The van der Waals surface area contributed by atoms with Crippen molar-refractivity contribution in [2.45, 2.75) is 23.4 Å². The van der Waals surface area contributed by atoms with E-state index >= 15 is 0 Å². The lowest BCUT2D eigenvalue weighted by atomic mass is 10.2. The summed E-state index contributed by atoms with van der Waals surface area (Å²) in [5, 5.41) is 0.764. The molecule has 0 amide bonds. The minimum atomic E-state index is -0.628. The number of esters is 1. The molecule has 2 N–H and O–H groups in total. The Kier molecular flexibility index (Phi) is 4.16. The van der Waals surface area contributed by atoms with Crippen LogP contribution in [0, 0.1) is 0 Å². The first-order valence-corrected chi connectivity index (χ1v) is 5.41. The minimum absolute atomic E-state index is 0.0708. The van der Waals surface area contributed by atoms with Crippen LogP contribution in [0.3, 0.4) is 0 Å². The Morgan fingerprint density at radius 2 is 2.40 bits per heavy atom. The van der Waals surface area contributed by atoms with Crippen molar-refractivity contribution in [2.75, 3.05) is 7.11 Å². The molecule has 0 aliphatic rings. The number of carbonyl (C=O) groups excluding carboxylic acids is 1. The van der Waals surface area contributed by atoms with Gasteiger partial charge in [-0.1, -0.05) is 18.7 Å². The Morgan fingerprint density at radius 1 is 1.73 bits per heavy atom. The number of ether oxygens (including phenoxy) is 1. The number of rotatable bonds is 4. The number of aryl methyl sites for hydroxylation is 1. The molecule has 0 aliphatic heterocycles. The highest BCUT2D eigenvalue weighted by Crippen LogP contribution is 2.22. The van der Waals surface area contributed by atoms with Gasteiger partial charge in [0.25, 0.3) is 0 Å². The largest absolute Gasteiger partial charge is 0.468 e. The molecule has 6 heteroatoms. The second-order valence-corrected chi connectivity index (χ2v) is 4.54. The van der Waals surface area contributed by atoms with Crippen LogP contribution in [0.2, 0.25) is 0 Å². The first-order chi connectivity index (χ1) is 7.06. The fourth-order valence-electron chi connectivity index (χ4n) is 1.03. The van der Waals surface area contributed by atoms with E-state index in [1.54, 1.807) is 6.20 Å². The lowest BCUT2D eigenvalue weighted by Crippen LogP contribution is -2.39. The molecule has 0 unspecified atom stereocenters. The quantitative estimate of drug-likeness (QED) is 0.598. The summed E-state index contributed by atoms with van der Waals surface area (Å²) in [5.41, 5.74) is 5.71. The second-order valence-electron chi connectivity index (χ2n) is 3.19. The molecule has 0 radical (unpaired) electrons. The molecule has 0 saturated carbocycles. The van der Waals surface area contributed by atoms with Gasteiger partial charge in [-0.05, 0) is 0 Å². The van der Waals surface area contributed by atoms with E-state index in [2.05, 4.69) is 9.72 Å². The smallest absolute Gasteiger partial charge is 0.323 e. The predicted octanol–water partition coefficient (Wildman–Crippen LogP) is 0.401. The number of aromatic nitrogens is 2. The van der Waals surface area contributed by atoms with Crippen LogP contribution >= 0.6 is 11.8 Å². The summed E-state index contributed by atoms with van der Waals surface area (Å²) in [5.74, 6) is -0.399. The van der Waals surface area contributed by atoms with Crippen molar-refractivity contribution < 1.29 is 9.53 Å².